The molecule has 0 aromatic heterocycles. The van der Waals surface area contributed by atoms with Gasteiger partial charge in [0, 0.05) is 31.2 Å². The second-order valence-corrected chi connectivity index (χ2v) is 7.32. The first kappa shape index (κ1) is 15.0. The molecular weight excluding hydrogens is 208 g/mol. The topological polar surface area (TPSA) is 15.3 Å². The summed E-state index contributed by atoms with van der Waals surface area (Å²) in [7, 11) is 0. The van der Waals surface area contributed by atoms with E-state index in [4.69, 9.17) is 0 Å². The van der Waals surface area contributed by atoms with Crippen LogP contribution in [0.3, 0.4) is 0 Å². The van der Waals surface area contributed by atoms with Gasteiger partial charge >= 0.3 is 0 Å². The van der Waals surface area contributed by atoms with E-state index in [2.05, 4.69) is 58.7 Å². The summed E-state index contributed by atoms with van der Waals surface area (Å²) in [6.45, 7) is 18.8. The summed E-state index contributed by atoms with van der Waals surface area (Å²) in [5.41, 5.74) is 0.369. The molecule has 3 atom stereocenters. The zero-order valence-corrected chi connectivity index (χ0v) is 12.9. The Labute approximate surface area is 108 Å². The molecule has 0 saturated carbocycles. The van der Waals surface area contributed by atoms with Crippen LogP contribution in [0.2, 0.25) is 0 Å². The quantitative estimate of drug-likeness (QED) is 0.815. The monoisotopic (exact) mass is 240 g/mol. The molecule has 0 amide bonds. The predicted octanol–water partition coefficient (Wildman–Crippen LogP) is 3.13. The Morgan fingerprint density at radius 2 is 1.82 bits per heavy atom. The first-order valence-electron chi connectivity index (χ1n) is 7.21. The molecule has 17 heavy (non-hydrogen) atoms. The highest BCUT2D eigenvalue weighted by atomic mass is 15.3. The Morgan fingerprint density at radius 3 is 2.29 bits per heavy atom. The van der Waals surface area contributed by atoms with Gasteiger partial charge in [-0.25, -0.2) is 0 Å². The zero-order valence-electron chi connectivity index (χ0n) is 12.9. The molecular formula is C15H32N2. The van der Waals surface area contributed by atoms with Crippen LogP contribution in [0.4, 0.5) is 0 Å². The molecule has 2 heteroatoms. The first-order valence-corrected chi connectivity index (χ1v) is 7.21. The normalized spacial score (nSPS) is 29.6. The molecule has 1 fully saturated rings. The number of rotatable bonds is 3. The molecule has 1 N–H and O–H groups in total. The SMILES string of the molecule is CC(C)CC1CN(C(C)C(C)(C)C)C(C)CN1. The number of hydrogen-bond donors (Lipinski definition) is 1. The van der Waals surface area contributed by atoms with E-state index in [0.717, 1.165) is 12.5 Å². The third-order valence-corrected chi connectivity index (χ3v) is 4.21. The Balaban J connectivity index is 2.63. The van der Waals surface area contributed by atoms with E-state index in [-0.39, 0.29) is 0 Å². The number of hydrogen-bond acceptors (Lipinski definition) is 2. The van der Waals surface area contributed by atoms with Gasteiger partial charge in [0.25, 0.3) is 0 Å². The van der Waals surface area contributed by atoms with Gasteiger partial charge in [-0.05, 0) is 31.6 Å². The molecule has 0 aromatic rings. The molecule has 1 rings (SSSR count). The van der Waals surface area contributed by atoms with Gasteiger partial charge in [-0.2, -0.15) is 0 Å². The van der Waals surface area contributed by atoms with Crippen LogP contribution < -0.4 is 5.32 Å². The van der Waals surface area contributed by atoms with Crippen molar-refractivity contribution in [2.75, 3.05) is 13.1 Å². The lowest BCUT2D eigenvalue weighted by atomic mass is 9.85. The predicted molar refractivity (Wildman–Crippen MR) is 76.3 cm³/mol. The average Bonchev–Trinajstić information content (AvgIpc) is 2.18. The van der Waals surface area contributed by atoms with E-state index in [0.29, 0.717) is 23.5 Å². The molecule has 0 bridgehead atoms. The van der Waals surface area contributed by atoms with Crippen molar-refractivity contribution in [3.05, 3.63) is 0 Å². The van der Waals surface area contributed by atoms with Crippen molar-refractivity contribution < 1.29 is 0 Å². The molecule has 1 aliphatic heterocycles. The lowest BCUT2D eigenvalue weighted by Crippen LogP contribution is -2.60. The molecule has 3 unspecified atom stereocenters. The number of nitrogens with one attached hydrogen (secondary N) is 1. The van der Waals surface area contributed by atoms with Gasteiger partial charge in [0.15, 0.2) is 0 Å². The molecule has 0 aliphatic carbocycles. The van der Waals surface area contributed by atoms with E-state index in [9.17, 15) is 0 Å². The third-order valence-electron chi connectivity index (χ3n) is 4.21. The van der Waals surface area contributed by atoms with Crippen LogP contribution in [0.1, 0.15) is 54.9 Å². The fourth-order valence-electron chi connectivity index (χ4n) is 2.72. The molecule has 0 radical (unpaired) electrons. The molecule has 0 aromatic carbocycles. The van der Waals surface area contributed by atoms with Crippen LogP contribution in [0.25, 0.3) is 0 Å². The Kier molecular flexibility index (Phi) is 5.03. The third kappa shape index (κ3) is 4.26. The van der Waals surface area contributed by atoms with E-state index < -0.39 is 0 Å². The molecule has 1 aliphatic rings. The van der Waals surface area contributed by atoms with Gasteiger partial charge in [-0.1, -0.05) is 34.6 Å². The molecule has 1 saturated heterocycles. The summed E-state index contributed by atoms with van der Waals surface area (Å²) in [5, 5.41) is 3.69. The molecule has 2 nitrogen and oxygen atoms in total. The summed E-state index contributed by atoms with van der Waals surface area (Å²) in [4.78, 5) is 2.70. The van der Waals surface area contributed by atoms with Gasteiger partial charge in [-0.15, -0.1) is 0 Å². The summed E-state index contributed by atoms with van der Waals surface area (Å²) in [5.74, 6) is 0.785. The lowest BCUT2D eigenvalue weighted by molar-refractivity contribution is 0.0393. The minimum Gasteiger partial charge on any atom is -0.311 e. The van der Waals surface area contributed by atoms with Crippen LogP contribution in [-0.2, 0) is 0 Å². The fraction of sp³-hybridized carbons (Fsp3) is 1.00. The largest absolute Gasteiger partial charge is 0.311 e. The van der Waals surface area contributed by atoms with Crippen LogP contribution in [0.5, 0.6) is 0 Å². The van der Waals surface area contributed by atoms with Crippen molar-refractivity contribution in [2.24, 2.45) is 11.3 Å². The number of piperazine rings is 1. The lowest BCUT2D eigenvalue weighted by Gasteiger charge is -2.47. The summed E-state index contributed by atoms with van der Waals surface area (Å²) in [6, 6.07) is 1.98. The van der Waals surface area contributed by atoms with Crippen molar-refractivity contribution in [1.29, 1.82) is 0 Å². The van der Waals surface area contributed by atoms with E-state index >= 15 is 0 Å². The van der Waals surface area contributed by atoms with Crippen molar-refractivity contribution in [3.63, 3.8) is 0 Å². The maximum atomic E-state index is 3.69. The minimum atomic E-state index is 0.369. The molecule has 0 spiro atoms. The summed E-state index contributed by atoms with van der Waals surface area (Å²) < 4.78 is 0. The zero-order chi connectivity index (χ0) is 13.2. The second-order valence-electron chi connectivity index (χ2n) is 7.32. The van der Waals surface area contributed by atoms with Gasteiger partial charge in [0.05, 0.1) is 0 Å². The Morgan fingerprint density at radius 1 is 1.24 bits per heavy atom. The Bertz CT molecular complexity index is 230. The van der Waals surface area contributed by atoms with Crippen LogP contribution in [-0.4, -0.2) is 36.1 Å². The maximum Gasteiger partial charge on any atom is 0.0198 e. The van der Waals surface area contributed by atoms with Gasteiger partial charge in [0.1, 0.15) is 0 Å². The van der Waals surface area contributed by atoms with Crippen LogP contribution in [0.15, 0.2) is 0 Å². The first-order chi connectivity index (χ1) is 7.71. The summed E-state index contributed by atoms with van der Waals surface area (Å²) in [6.07, 6.45) is 1.29. The van der Waals surface area contributed by atoms with Gasteiger partial charge < -0.3 is 5.32 Å². The van der Waals surface area contributed by atoms with Gasteiger partial charge in [-0.3, -0.25) is 4.90 Å². The van der Waals surface area contributed by atoms with Crippen molar-refractivity contribution in [3.8, 4) is 0 Å². The standard InChI is InChI=1S/C15H32N2/c1-11(2)8-14-10-17(12(3)9-16-14)13(4)15(5,6)7/h11-14,16H,8-10H2,1-7H3. The van der Waals surface area contributed by atoms with Crippen molar-refractivity contribution in [1.82, 2.24) is 10.2 Å². The van der Waals surface area contributed by atoms with Gasteiger partial charge in [0.2, 0.25) is 0 Å². The van der Waals surface area contributed by atoms with E-state index in [1.54, 1.807) is 0 Å². The number of nitrogens with zero attached hydrogens (tertiary/aromatic N) is 1. The van der Waals surface area contributed by atoms with Crippen molar-refractivity contribution >= 4 is 0 Å². The molecule has 102 valence electrons. The van der Waals surface area contributed by atoms with E-state index in [1.807, 2.05) is 0 Å². The minimum absolute atomic E-state index is 0.369. The maximum absolute atomic E-state index is 3.69. The fourth-order valence-corrected chi connectivity index (χ4v) is 2.72. The average molecular weight is 240 g/mol. The summed E-state index contributed by atoms with van der Waals surface area (Å²) >= 11 is 0. The van der Waals surface area contributed by atoms with E-state index in [1.165, 1.54) is 13.0 Å². The second kappa shape index (κ2) is 5.71. The highest BCUT2D eigenvalue weighted by Gasteiger charge is 2.33. The molecule has 1 heterocycles. The Hall–Kier alpha value is -0.0800. The van der Waals surface area contributed by atoms with Crippen LogP contribution >= 0.6 is 0 Å². The van der Waals surface area contributed by atoms with Crippen LogP contribution in [0, 0.1) is 11.3 Å². The highest BCUT2D eigenvalue weighted by molar-refractivity contribution is 4.90. The smallest absolute Gasteiger partial charge is 0.0198 e. The van der Waals surface area contributed by atoms with Crippen molar-refractivity contribution in [2.45, 2.75) is 73.0 Å². The highest BCUT2D eigenvalue weighted by Crippen LogP contribution is 2.27.